The van der Waals surface area contributed by atoms with Crippen molar-refractivity contribution in [3.8, 4) is 5.75 Å². The fourth-order valence-corrected chi connectivity index (χ4v) is 5.08. The Bertz CT molecular complexity index is 1200. The lowest BCUT2D eigenvalue weighted by Crippen LogP contribution is -2.28. The van der Waals surface area contributed by atoms with E-state index in [4.69, 9.17) is 4.42 Å². The quantitative estimate of drug-likeness (QED) is 0.339. The van der Waals surface area contributed by atoms with Gasteiger partial charge in [-0.05, 0) is 47.7 Å². The fourth-order valence-electron chi connectivity index (χ4n) is 3.46. The van der Waals surface area contributed by atoms with Crippen LogP contribution >= 0.6 is 0 Å². The van der Waals surface area contributed by atoms with Gasteiger partial charge >= 0.3 is 5.82 Å². The van der Waals surface area contributed by atoms with Gasteiger partial charge in [0, 0.05) is 13.1 Å². The SMILES string of the molecule is CC(C)c1coc(CNc2no[n+]([O-])c2Nc2cccc(S(=O)(=O)N3CCCC3)c2O)c1. The number of hydrogen-bond acceptors (Lipinski definition) is 9. The summed E-state index contributed by atoms with van der Waals surface area (Å²) in [5, 5.41) is 32.1. The summed E-state index contributed by atoms with van der Waals surface area (Å²) < 4.78 is 37.2. The Hall–Kier alpha value is -3.25. The number of sulfonamides is 1. The smallest absolute Gasteiger partial charge is 0.324 e. The summed E-state index contributed by atoms with van der Waals surface area (Å²) in [6.07, 6.45) is 3.22. The van der Waals surface area contributed by atoms with Gasteiger partial charge in [0.2, 0.25) is 10.0 Å². The number of benzene rings is 1. The molecule has 1 aromatic carbocycles. The molecule has 0 bridgehead atoms. The minimum absolute atomic E-state index is 0.0289. The van der Waals surface area contributed by atoms with E-state index < -0.39 is 15.8 Å². The maximum atomic E-state index is 12.9. The number of nitrogens with zero attached hydrogens (tertiary/aromatic N) is 3. The second kappa shape index (κ2) is 8.71. The zero-order chi connectivity index (χ0) is 22.9. The van der Waals surface area contributed by atoms with Gasteiger partial charge in [0.25, 0.3) is 5.82 Å². The monoisotopic (exact) mass is 463 g/mol. The van der Waals surface area contributed by atoms with Gasteiger partial charge < -0.3 is 24.7 Å². The van der Waals surface area contributed by atoms with Gasteiger partial charge in [0.05, 0.1) is 12.8 Å². The third-order valence-corrected chi connectivity index (χ3v) is 7.25. The van der Waals surface area contributed by atoms with E-state index in [2.05, 4.69) is 20.4 Å². The second-order valence-corrected chi connectivity index (χ2v) is 9.78. The number of hydrogen-bond donors (Lipinski definition) is 3. The molecular weight excluding hydrogens is 438 g/mol. The number of aromatic hydroxyl groups is 1. The number of furan rings is 1. The predicted octanol–water partition coefficient (Wildman–Crippen LogP) is 2.87. The highest BCUT2D eigenvalue weighted by Gasteiger charge is 2.31. The van der Waals surface area contributed by atoms with Gasteiger partial charge in [-0.3, -0.25) is 5.32 Å². The van der Waals surface area contributed by atoms with Crippen molar-refractivity contribution < 1.29 is 27.5 Å². The summed E-state index contributed by atoms with van der Waals surface area (Å²) in [6, 6.07) is 6.16. The van der Waals surface area contributed by atoms with E-state index in [9.17, 15) is 18.7 Å². The Balaban J connectivity index is 1.55. The number of rotatable bonds is 8. The molecule has 172 valence electrons. The molecule has 0 atom stereocenters. The highest BCUT2D eigenvalue weighted by molar-refractivity contribution is 7.89. The maximum Gasteiger partial charge on any atom is 0.324 e. The lowest BCUT2D eigenvalue weighted by molar-refractivity contribution is -0.790. The molecule has 0 aliphatic carbocycles. The summed E-state index contributed by atoms with van der Waals surface area (Å²) in [4.78, 5) is -0.102. The molecule has 1 saturated heterocycles. The van der Waals surface area contributed by atoms with Gasteiger partial charge in [-0.1, -0.05) is 24.8 Å². The van der Waals surface area contributed by atoms with E-state index in [1.807, 2.05) is 19.9 Å². The van der Waals surface area contributed by atoms with Crippen LogP contribution in [0.2, 0.25) is 0 Å². The largest absolute Gasteiger partial charge is 0.503 e. The highest BCUT2D eigenvalue weighted by Crippen LogP contribution is 2.36. The molecule has 12 heteroatoms. The molecule has 11 nitrogen and oxygen atoms in total. The van der Waals surface area contributed by atoms with Crippen LogP contribution in [0.3, 0.4) is 0 Å². The van der Waals surface area contributed by atoms with Crippen LogP contribution < -0.4 is 15.5 Å². The molecule has 3 N–H and O–H groups in total. The minimum atomic E-state index is -3.85. The average Bonchev–Trinajstić information content (AvgIpc) is 3.50. The normalized spacial score (nSPS) is 14.8. The fraction of sp³-hybridized carbons (Fsp3) is 0.400. The molecule has 2 aromatic heterocycles. The van der Waals surface area contributed by atoms with Crippen molar-refractivity contribution in [1.82, 2.24) is 9.46 Å². The molecule has 0 radical (unpaired) electrons. The summed E-state index contributed by atoms with van der Waals surface area (Å²) in [7, 11) is -3.85. The Labute approximate surface area is 185 Å². The molecule has 1 aliphatic rings. The third-order valence-electron chi connectivity index (χ3n) is 5.32. The van der Waals surface area contributed by atoms with Crippen molar-refractivity contribution >= 4 is 27.3 Å². The number of para-hydroxylation sites is 1. The predicted molar refractivity (Wildman–Crippen MR) is 115 cm³/mol. The Kier molecular flexibility index (Phi) is 5.98. The first-order valence-electron chi connectivity index (χ1n) is 10.3. The first-order valence-corrected chi connectivity index (χ1v) is 11.7. The number of phenols is 1. The molecule has 3 heterocycles. The van der Waals surface area contributed by atoms with Crippen LogP contribution in [-0.2, 0) is 16.6 Å². The molecule has 0 saturated carbocycles. The van der Waals surface area contributed by atoms with Crippen LogP contribution in [0.25, 0.3) is 0 Å². The van der Waals surface area contributed by atoms with Gasteiger partial charge in [-0.25, -0.2) is 8.42 Å². The first-order chi connectivity index (χ1) is 15.3. The van der Waals surface area contributed by atoms with E-state index in [0.29, 0.717) is 24.8 Å². The van der Waals surface area contributed by atoms with E-state index in [1.54, 1.807) is 6.26 Å². The van der Waals surface area contributed by atoms with Crippen molar-refractivity contribution in [2.24, 2.45) is 0 Å². The molecule has 0 unspecified atom stereocenters. The molecule has 0 amide bonds. The molecule has 1 aliphatic heterocycles. The van der Waals surface area contributed by atoms with E-state index in [-0.39, 0.29) is 33.7 Å². The van der Waals surface area contributed by atoms with Crippen molar-refractivity contribution in [2.45, 2.75) is 44.0 Å². The van der Waals surface area contributed by atoms with E-state index in [1.165, 1.54) is 22.5 Å². The summed E-state index contributed by atoms with van der Waals surface area (Å²) >= 11 is 0. The Morgan fingerprint density at radius 3 is 2.75 bits per heavy atom. The maximum absolute atomic E-state index is 12.9. The van der Waals surface area contributed by atoms with Gasteiger partial charge in [0.15, 0.2) is 5.75 Å². The van der Waals surface area contributed by atoms with Crippen LogP contribution in [0.15, 0.2) is 44.5 Å². The van der Waals surface area contributed by atoms with E-state index >= 15 is 0 Å². The number of anilines is 3. The average molecular weight is 464 g/mol. The Morgan fingerprint density at radius 1 is 1.31 bits per heavy atom. The van der Waals surface area contributed by atoms with Gasteiger partial charge in [-0.2, -0.15) is 4.31 Å². The molecular formula is C20H25N5O6S. The van der Waals surface area contributed by atoms with E-state index in [0.717, 1.165) is 18.4 Å². The van der Waals surface area contributed by atoms with Crippen molar-refractivity contribution in [1.29, 1.82) is 0 Å². The molecule has 1 fully saturated rings. The molecule has 3 aromatic rings. The first kappa shape index (κ1) is 22.0. The topological polar surface area (TPSA) is 148 Å². The number of phenolic OH excluding ortho intramolecular Hbond substituents is 1. The Morgan fingerprint density at radius 2 is 2.06 bits per heavy atom. The van der Waals surface area contributed by atoms with Crippen LogP contribution in [0.4, 0.5) is 17.3 Å². The van der Waals surface area contributed by atoms with Crippen LogP contribution in [0.5, 0.6) is 5.75 Å². The molecule has 0 spiro atoms. The van der Waals surface area contributed by atoms with Gasteiger partial charge in [-0.15, -0.1) is 0 Å². The second-order valence-electron chi connectivity index (χ2n) is 7.87. The number of aromatic nitrogens is 2. The summed E-state index contributed by atoms with van der Waals surface area (Å²) in [5.74, 6) is 0.412. The van der Waals surface area contributed by atoms with Crippen molar-refractivity contribution in [3.05, 3.63) is 47.1 Å². The minimum Gasteiger partial charge on any atom is -0.503 e. The third kappa shape index (κ3) is 4.23. The van der Waals surface area contributed by atoms with Crippen LogP contribution in [0.1, 0.15) is 43.9 Å². The lowest BCUT2D eigenvalue weighted by atomic mass is 10.1. The lowest BCUT2D eigenvalue weighted by Gasteiger charge is -2.17. The van der Waals surface area contributed by atoms with Crippen molar-refractivity contribution in [3.63, 3.8) is 0 Å². The van der Waals surface area contributed by atoms with Crippen LogP contribution in [0, 0.1) is 5.21 Å². The standard InChI is InChI=1S/C20H25N5O6S/c1-13(2)14-10-15(30-12-14)11-21-19-20(25(27)31-23-19)22-16-6-5-7-17(18(16)26)32(28,29)24-8-3-4-9-24/h5-7,10,12-13,22,26H,3-4,8-9,11H2,1-2H3,(H,21,23). The highest BCUT2D eigenvalue weighted by atomic mass is 32.2. The summed E-state index contributed by atoms with van der Waals surface area (Å²) in [5.41, 5.74) is 1.07. The number of nitrogens with one attached hydrogen (secondary N) is 2. The zero-order valence-electron chi connectivity index (χ0n) is 17.7. The molecule has 32 heavy (non-hydrogen) atoms. The summed E-state index contributed by atoms with van der Waals surface area (Å²) in [6.45, 7) is 5.15. The molecule has 4 rings (SSSR count). The van der Waals surface area contributed by atoms with Crippen molar-refractivity contribution in [2.75, 3.05) is 23.7 Å². The van der Waals surface area contributed by atoms with Crippen LogP contribution in [-0.4, -0.2) is 36.1 Å². The zero-order valence-corrected chi connectivity index (χ0v) is 18.6. The van der Waals surface area contributed by atoms with Gasteiger partial charge in [0.1, 0.15) is 16.3 Å².